The number of hydrogen-bond acceptors (Lipinski definition) is 3. The lowest BCUT2D eigenvalue weighted by Crippen LogP contribution is -2.22. The SMILES string of the molecule is CCNC(Cc1ccccc1C)c1ccc(COC)o1. The van der Waals surface area contributed by atoms with E-state index in [9.17, 15) is 0 Å². The predicted molar refractivity (Wildman–Crippen MR) is 80.7 cm³/mol. The van der Waals surface area contributed by atoms with E-state index in [0.717, 1.165) is 24.5 Å². The van der Waals surface area contributed by atoms with Crippen molar-refractivity contribution in [1.82, 2.24) is 5.32 Å². The zero-order valence-corrected chi connectivity index (χ0v) is 12.5. The first kappa shape index (κ1) is 14.8. The molecule has 3 heteroatoms. The van der Waals surface area contributed by atoms with Gasteiger partial charge in [0.15, 0.2) is 0 Å². The van der Waals surface area contributed by atoms with Crippen molar-refractivity contribution in [1.29, 1.82) is 0 Å². The van der Waals surface area contributed by atoms with Crippen molar-refractivity contribution in [2.24, 2.45) is 0 Å². The lowest BCUT2D eigenvalue weighted by molar-refractivity contribution is 0.161. The molecule has 1 atom stereocenters. The number of methoxy groups -OCH3 is 1. The molecule has 1 aromatic heterocycles. The molecular weight excluding hydrogens is 250 g/mol. The first-order valence-corrected chi connectivity index (χ1v) is 7.10. The van der Waals surface area contributed by atoms with Crippen LogP contribution in [0.15, 0.2) is 40.8 Å². The van der Waals surface area contributed by atoms with Gasteiger partial charge in [-0.05, 0) is 43.1 Å². The summed E-state index contributed by atoms with van der Waals surface area (Å²) in [5, 5.41) is 3.50. The van der Waals surface area contributed by atoms with Gasteiger partial charge in [-0.3, -0.25) is 0 Å². The van der Waals surface area contributed by atoms with E-state index in [-0.39, 0.29) is 6.04 Å². The van der Waals surface area contributed by atoms with Crippen LogP contribution in [0.3, 0.4) is 0 Å². The summed E-state index contributed by atoms with van der Waals surface area (Å²) in [4.78, 5) is 0. The van der Waals surface area contributed by atoms with Crippen molar-refractivity contribution in [2.45, 2.75) is 32.9 Å². The normalized spacial score (nSPS) is 12.6. The molecule has 20 heavy (non-hydrogen) atoms. The quantitative estimate of drug-likeness (QED) is 0.836. The van der Waals surface area contributed by atoms with Crippen LogP contribution in [0, 0.1) is 6.92 Å². The fourth-order valence-electron chi connectivity index (χ4n) is 2.38. The maximum Gasteiger partial charge on any atom is 0.129 e. The average molecular weight is 273 g/mol. The molecule has 1 N–H and O–H groups in total. The third-order valence-corrected chi connectivity index (χ3v) is 3.45. The molecule has 1 aromatic carbocycles. The van der Waals surface area contributed by atoms with E-state index in [4.69, 9.17) is 9.15 Å². The Kier molecular flexibility index (Phi) is 5.39. The first-order chi connectivity index (χ1) is 9.74. The van der Waals surface area contributed by atoms with Gasteiger partial charge in [-0.1, -0.05) is 31.2 Å². The van der Waals surface area contributed by atoms with Crippen molar-refractivity contribution >= 4 is 0 Å². The van der Waals surface area contributed by atoms with E-state index in [2.05, 4.69) is 43.4 Å². The van der Waals surface area contributed by atoms with Crippen LogP contribution in [0.4, 0.5) is 0 Å². The van der Waals surface area contributed by atoms with E-state index in [1.165, 1.54) is 11.1 Å². The van der Waals surface area contributed by atoms with Crippen LogP contribution in [0.1, 0.15) is 35.6 Å². The smallest absolute Gasteiger partial charge is 0.129 e. The van der Waals surface area contributed by atoms with Crippen molar-refractivity contribution in [3.05, 3.63) is 59.0 Å². The third-order valence-electron chi connectivity index (χ3n) is 3.45. The van der Waals surface area contributed by atoms with Gasteiger partial charge in [0, 0.05) is 7.11 Å². The van der Waals surface area contributed by atoms with E-state index in [0.29, 0.717) is 6.61 Å². The van der Waals surface area contributed by atoms with E-state index >= 15 is 0 Å². The summed E-state index contributed by atoms with van der Waals surface area (Å²) in [5.74, 6) is 1.84. The number of hydrogen-bond donors (Lipinski definition) is 1. The lowest BCUT2D eigenvalue weighted by atomic mass is 10.00. The third kappa shape index (κ3) is 3.71. The molecule has 0 bridgehead atoms. The zero-order chi connectivity index (χ0) is 14.4. The standard InChI is InChI=1S/C17H23NO2/c1-4-18-16(11-14-8-6-5-7-13(14)2)17-10-9-15(20-17)12-19-3/h5-10,16,18H,4,11-12H2,1-3H3. The highest BCUT2D eigenvalue weighted by Crippen LogP contribution is 2.22. The molecular formula is C17H23NO2. The maximum atomic E-state index is 5.86. The maximum absolute atomic E-state index is 5.86. The minimum Gasteiger partial charge on any atom is -0.462 e. The highest BCUT2D eigenvalue weighted by molar-refractivity contribution is 5.27. The van der Waals surface area contributed by atoms with Gasteiger partial charge in [0.05, 0.1) is 6.04 Å². The van der Waals surface area contributed by atoms with Crippen LogP contribution >= 0.6 is 0 Å². The molecule has 1 heterocycles. The molecule has 3 nitrogen and oxygen atoms in total. The van der Waals surface area contributed by atoms with Gasteiger partial charge in [0.2, 0.25) is 0 Å². The molecule has 108 valence electrons. The molecule has 0 radical (unpaired) electrons. The summed E-state index contributed by atoms with van der Waals surface area (Å²) < 4.78 is 11.0. The van der Waals surface area contributed by atoms with Crippen molar-refractivity contribution < 1.29 is 9.15 Å². The Morgan fingerprint density at radius 3 is 2.70 bits per heavy atom. The highest BCUT2D eigenvalue weighted by atomic mass is 16.5. The molecule has 0 aliphatic heterocycles. The number of ether oxygens (including phenoxy) is 1. The Morgan fingerprint density at radius 1 is 1.20 bits per heavy atom. The van der Waals surface area contributed by atoms with Crippen LogP contribution in [0.25, 0.3) is 0 Å². The van der Waals surface area contributed by atoms with Gasteiger partial charge in [-0.15, -0.1) is 0 Å². The molecule has 0 aliphatic rings. The van der Waals surface area contributed by atoms with Gasteiger partial charge < -0.3 is 14.5 Å². The largest absolute Gasteiger partial charge is 0.462 e. The summed E-state index contributed by atoms with van der Waals surface area (Å²) in [5.41, 5.74) is 2.67. The molecule has 1 unspecified atom stereocenters. The molecule has 0 aliphatic carbocycles. The Balaban J connectivity index is 2.15. The van der Waals surface area contributed by atoms with Gasteiger partial charge in [-0.25, -0.2) is 0 Å². The molecule has 0 spiro atoms. The summed E-state index contributed by atoms with van der Waals surface area (Å²) >= 11 is 0. The Labute approximate surface area is 121 Å². The van der Waals surface area contributed by atoms with Crippen molar-refractivity contribution in [2.75, 3.05) is 13.7 Å². The number of benzene rings is 1. The minimum atomic E-state index is 0.201. The fourth-order valence-corrected chi connectivity index (χ4v) is 2.38. The predicted octanol–water partition coefficient (Wildman–Crippen LogP) is 3.63. The topological polar surface area (TPSA) is 34.4 Å². The van der Waals surface area contributed by atoms with Crippen LogP contribution in [0.2, 0.25) is 0 Å². The number of aryl methyl sites for hydroxylation is 1. The van der Waals surface area contributed by atoms with Crippen molar-refractivity contribution in [3.8, 4) is 0 Å². The second-order valence-electron chi connectivity index (χ2n) is 4.98. The summed E-state index contributed by atoms with van der Waals surface area (Å²) in [6.45, 7) is 5.70. The molecule has 0 saturated heterocycles. The average Bonchev–Trinajstić information content (AvgIpc) is 2.90. The van der Waals surface area contributed by atoms with Gasteiger partial charge in [0.25, 0.3) is 0 Å². The van der Waals surface area contributed by atoms with E-state index < -0.39 is 0 Å². The second kappa shape index (κ2) is 7.27. The van der Waals surface area contributed by atoms with E-state index in [1.54, 1.807) is 7.11 Å². The summed E-state index contributed by atoms with van der Waals surface area (Å²) in [7, 11) is 1.68. The van der Waals surface area contributed by atoms with Gasteiger partial charge >= 0.3 is 0 Å². The Bertz CT molecular complexity index is 533. The minimum absolute atomic E-state index is 0.201. The summed E-state index contributed by atoms with van der Waals surface area (Å²) in [6.07, 6.45) is 0.931. The monoisotopic (exact) mass is 273 g/mol. The fraction of sp³-hybridized carbons (Fsp3) is 0.412. The number of furan rings is 1. The lowest BCUT2D eigenvalue weighted by Gasteiger charge is -2.17. The number of nitrogens with one attached hydrogen (secondary N) is 1. The Morgan fingerprint density at radius 2 is 2.00 bits per heavy atom. The number of rotatable bonds is 7. The van der Waals surface area contributed by atoms with E-state index in [1.807, 2.05) is 12.1 Å². The van der Waals surface area contributed by atoms with Crippen LogP contribution < -0.4 is 5.32 Å². The molecule has 2 aromatic rings. The highest BCUT2D eigenvalue weighted by Gasteiger charge is 2.16. The van der Waals surface area contributed by atoms with Crippen molar-refractivity contribution in [3.63, 3.8) is 0 Å². The zero-order valence-electron chi connectivity index (χ0n) is 12.5. The van der Waals surface area contributed by atoms with Crippen LogP contribution in [-0.4, -0.2) is 13.7 Å². The van der Waals surface area contributed by atoms with Gasteiger partial charge in [0.1, 0.15) is 18.1 Å². The molecule has 0 saturated carbocycles. The molecule has 0 amide bonds. The first-order valence-electron chi connectivity index (χ1n) is 7.10. The second-order valence-corrected chi connectivity index (χ2v) is 4.98. The van der Waals surface area contributed by atoms with Crippen LogP contribution in [-0.2, 0) is 17.8 Å². The number of likely N-dealkylation sites (N-methyl/N-ethyl adjacent to an activating group) is 1. The molecule has 2 rings (SSSR count). The van der Waals surface area contributed by atoms with Gasteiger partial charge in [-0.2, -0.15) is 0 Å². The molecule has 0 fully saturated rings. The summed E-state index contributed by atoms with van der Waals surface area (Å²) in [6, 6.07) is 12.7. The van der Waals surface area contributed by atoms with Crippen LogP contribution in [0.5, 0.6) is 0 Å². The Hall–Kier alpha value is -1.58.